The van der Waals surface area contributed by atoms with Gasteiger partial charge in [0.05, 0.1) is 21.7 Å². The molecule has 5 rings (SSSR count). The van der Waals surface area contributed by atoms with E-state index in [1.54, 1.807) is 36.4 Å². The van der Waals surface area contributed by atoms with Crippen LogP contribution >= 0.6 is 0 Å². The van der Waals surface area contributed by atoms with Gasteiger partial charge in [-0.2, -0.15) is 0 Å². The van der Waals surface area contributed by atoms with Gasteiger partial charge in [-0.15, -0.1) is 0 Å². The van der Waals surface area contributed by atoms with Crippen molar-refractivity contribution in [3.05, 3.63) is 76.9 Å². The van der Waals surface area contributed by atoms with Gasteiger partial charge >= 0.3 is 29.6 Å². The summed E-state index contributed by atoms with van der Waals surface area (Å²) < 4.78 is 34.7. The van der Waals surface area contributed by atoms with E-state index in [2.05, 4.69) is 31.4 Å². The standard InChI is InChI=1S/C29H30N2O6S.Na/c1-16-12-18(15-29(2,3)14-16)31-22-10-9-21(30-17-8-11-23(32)24(13-17)38(35,36)37)25-26(22)28(34)20-7-5-4-6-19(20)27(25)33;/h4-11,13,16,18,30-32H,12,14-15H2,1-3H3,(H,35,36,37);/q;+1/p-1. The van der Waals surface area contributed by atoms with Crippen molar-refractivity contribution in [2.45, 2.75) is 51.0 Å². The summed E-state index contributed by atoms with van der Waals surface area (Å²) in [5, 5.41) is 16.4. The molecule has 3 aromatic carbocycles. The van der Waals surface area contributed by atoms with Gasteiger partial charge in [0.1, 0.15) is 15.9 Å². The number of carbonyl (C=O) groups excluding carboxylic acids is 2. The number of hydrogen-bond donors (Lipinski definition) is 3. The number of hydrogen-bond acceptors (Lipinski definition) is 8. The number of fused-ring (bicyclic) bond motifs is 2. The monoisotopic (exact) mass is 556 g/mol. The number of nitrogens with one attached hydrogen (secondary N) is 2. The second kappa shape index (κ2) is 10.7. The zero-order valence-electron chi connectivity index (χ0n) is 22.4. The van der Waals surface area contributed by atoms with Crippen LogP contribution in [0.25, 0.3) is 0 Å². The molecule has 0 amide bonds. The molecule has 0 saturated heterocycles. The van der Waals surface area contributed by atoms with E-state index >= 15 is 0 Å². The number of aromatic hydroxyl groups is 1. The molecule has 10 heteroatoms. The number of rotatable bonds is 5. The van der Waals surface area contributed by atoms with Crippen LogP contribution in [0.15, 0.2) is 59.5 Å². The van der Waals surface area contributed by atoms with E-state index in [9.17, 15) is 27.7 Å². The SMILES string of the molecule is CC1CC(Nc2ccc(Nc3ccc(O)c(S(=O)(=O)[O-])c3)c3c2C(=O)c2ccccc2C3=O)CC(C)(C)C1.[Na+]. The van der Waals surface area contributed by atoms with E-state index in [-0.39, 0.29) is 80.6 Å². The van der Waals surface area contributed by atoms with Gasteiger partial charge in [0, 0.05) is 28.5 Å². The Morgan fingerprint density at radius 1 is 0.923 bits per heavy atom. The van der Waals surface area contributed by atoms with Gasteiger partial charge in [-0.3, -0.25) is 9.59 Å². The first kappa shape index (κ1) is 29.3. The number of anilines is 3. The Kier molecular flexibility index (Phi) is 8.04. The van der Waals surface area contributed by atoms with E-state index in [0.29, 0.717) is 17.2 Å². The molecule has 2 aliphatic rings. The van der Waals surface area contributed by atoms with Crippen LogP contribution in [0, 0.1) is 11.3 Å². The summed E-state index contributed by atoms with van der Waals surface area (Å²) in [6.07, 6.45) is 2.98. The zero-order chi connectivity index (χ0) is 27.4. The normalized spacial score (nSPS) is 19.9. The van der Waals surface area contributed by atoms with Gasteiger partial charge in [-0.1, -0.05) is 45.0 Å². The maximum Gasteiger partial charge on any atom is 1.00 e. The fourth-order valence-electron chi connectivity index (χ4n) is 6.07. The maximum atomic E-state index is 13.8. The van der Waals surface area contributed by atoms with Gasteiger partial charge in [-0.05, 0) is 60.9 Å². The van der Waals surface area contributed by atoms with Crippen molar-refractivity contribution in [1.82, 2.24) is 0 Å². The molecule has 0 aromatic heterocycles. The smallest absolute Gasteiger partial charge is 0.744 e. The Labute approximate surface area is 250 Å². The molecule has 0 spiro atoms. The van der Waals surface area contributed by atoms with Crippen LogP contribution in [0.4, 0.5) is 17.1 Å². The van der Waals surface area contributed by atoms with Gasteiger partial charge in [-0.25, -0.2) is 8.42 Å². The Morgan fingerprint density at radius 3 is 2.10 bits per heavy atom. The van der Waals surface area contributed by atoms with Crippen LogP contribution in [0.1, 0.15) is 71.9 Å². The first-order valence-corrected chi connectivity index (χ1v) is 13.9. The summed E-state index contributed by atoms with van der Waals surface area (Å²) >= 11 is 0. The van der Waals surface area contributed by atoms with Crippen LogP contribution in [-0.2, 0) is 10.1 Å². The molecule has 8 nitrogen and oxygen atoms in total. The van der Waals surface area contributed by atoms with E-state index in [1.807, 2.05) is 0 Å². The average Bonchev–Trinajstić information content (AvgIpc) is 2.82. The Hall–Kier alpha value is -2.69. The molecule has 2 aliphatic carbocycles. The first-order valence-electron chi connectivity index (χ1n) is 12.5. The van der Waals surface area contributed by atoms with Crippen molar-refractivity contribution >= 4 is 38.7 Å². The maximum absolute atomic E-state index is 13.8. The van der Waals surface area contributed by atoms with Crippen molar-refractivity contribution in [1.29, 1.82) is 0 Å². The van der Waals surface area contributed by atoms with Crippen LogP contribution < -0.4 is 40.2 Å². The van der Waals surface area contributed by atoms with Crippen molar-refractivity contribution in [2.75, 3.05) is 10.6 Å². The number of carbonyl (C=O) groups is 2. The zero-order valence-corrected chi connectivity index (χ0v) is 25.2. The summed E-state index contributed by atoms with van der Waals surface area (Å²) in [6, 6.07) is 13.7. The largest absolute Gasteiger partial charge is 1.00 e. The second-order valence-corrected chi connectivity index (χ2v) is 12.5. The van der Waals surface area contributed by atoms with E-state index in [4.69, 9.17) is 0 Å². The molecule has 198 valence electrons. The molecule has 3 N–H and O–H groups in total. The predicted molar refractivity (Wildman–Crippen MR) is 143 cm³/mol. The molecule has 2 unspecified atom stereocenters. The average molecular weight is 557 g/mol. The van der Waals surface area contributed by atoms with Crippen molar-refractivity contribution in [3.63, 3.8) is 0 Å². The number of phenols is 1. The molecule has 39 heavy (non-hydrogen) atoms. The minimum absolute atomic E-state index is 0. The molecule has 1 saturated carbocycles. The summed E-state index contributed by atoms with van der Waals surface area (Å²) in [4.78, 5) is 26.7. The first-order chi connectivity index (χ1) is 17.8. The van der Waals surface area contributed by atoms with Crippen LogP contribution in [0.5, 0.6) is 5.75 Å². The van der Waals surface area contributed by atoms with Gasteiger partial charge < -0.3 is 20.3 Å². The third-order valence-corrected chi connectivity index (χ3v) is 8.20. The third kappa shape index (κ3) is 5.78. The minimum Gasteiger partial charge on any atom is -0.744 e. The van der Waals surface area contributed by atoms with Crippen LogP contribution in [0.2, 0.25) is 0 Å². The Balaban J connectivity index is 0.00000353. The van der Waals surface area contributed by atoms with Gasteiger partial charge in [0.2, 0.25) is 0 Å². The second-order valence-electron chi connectivity index (χ2n) is 11.1. The molecule has 0 aliphatic heterocycles. The number of benzene rings is 3. The quantitative estimate of drug-likeness (QED) is 0.194. The molecular weight excluding hydrogens is 527 g/mol. The van der Waals surface area contributed by atoms with Crippen LogP contribution in [-0.4, -0.2) is 35.7 Å². The molecule has 1 fully saturated rings. The summed E-state index contributed by atoms with van der Waals surface area (Å²) in [6.45, 7) is 6.69. The van der Waals surface area contributed by atoms with Gasteiger partial charge in [0.25, 0.3) is 0 Å². The molecule has 0 bridgehead atoms. The fourth-order valence-corrected chi connectivity index (χ4v) is 6.67. The van der Waals surface area contributed by atoms with Crippen molar-refractivity contribution in [3.8, 4) is 5.75 Å². The fraction of sp³-hybridized carbons (Fsp3) is 0.310. The molecule has 0 heterocycles. The van der Waals surface area contributed by atoms with Crippen LogP contribution in [0.3, 0.4) is 0 Å². The topological polar surface area (TPSA) is 136 Å². The van der Waals surface area contributed by atoms with E-state index in [1.165, 1.54) is 6.07 Å². The number of ketones is 2. The minimum atomic E-state index is -4.93. The molecule has 3 aromatic rings. The summed E-state index contributed by atoms with van der Waals surface area (Å²) in [5.74, 6) is -0.781. The molecule has 2 atom stereocenters. The molecule has 0 radical (unpaired) electrons. The van der Waals surface area contributed by atoms with Crippen molar-refractivity contribution in [2.24, 2.45) is 11.3 Å². The Morgan fingerprint density at radius 2 is 1.51 bits per heavy atom. The van der Waals surface area contributed by atoms with Crippen molar-refractivity contribution < 1.29 is 57.2 Å². The van der Waals surface area contributed by atoms with Gasteiger partial charge in [0.15, 0.2) is 11.6 Å². The third-order valence-electron chi connectivity index (χ3n) is 7.33. The summed E-state index contributed by atoms with van der Waals surface area (Å²) in [5.41, 5.74) is 2.20. The number of phenolic OH excluding ortho intramolecular Hbond substituents is 1. The summed E-state index contributed by atoms with van der Waals surface area (Å²) in [7, 11) is -4.93. The van der Waals surface area contributed by atoms with E-state index < -0.39 is 20.8 Å². The Bertz CT molecular complexity index is 1580. The molecular formula is C29H29N2NaO6S. The predicted octanol–water partition coefficient (Wildman–Crippen LogP) is 2.45. The van der Waals surface area contributed by atoms with E-state index in [0.717, 1.165) is 31.4 Å².